The average molecular weight is 275 g/mol. The van der Waals surface area contributed by atoms with Crippen molar-refractivity contribution < 1.29 is 9.53 Å². The first-order chi connectivity index (χ1) is 9.60. The predicted molar refractivity (Wildman–Crippen MR) is 81.3 cm³/mol. The summed E-state index contributed by atoms with van der Waals surface area (Å²) in [5.74, 6) is 0.237. The fourth-order valence-corrected chi connectivity index (χ4v) is 2.79. The van der Waals surface area contributed by atoms with Crippen molar-refractivity contribution in [2.75, 3.05) is 26.2 Å². The van der Waals surface area contributed by atoms with Gasteiger partial charge in [-0.3, -0.25) is 9.69 Å². The molecule has 110 valence electrons. The van der Waals surface area contributed by atoms with Gasteiger partial charge in [-0.15, -0.1) is 0 Å². The number of piperidine rings is 1. The van der Waals surface area contributed by atoms with Crippen LogP contribution in [0.2, 0.25) is 0 Å². The highest BCUT2D eigenvalue weighted by Crippen LogP contribution is 2.16. The molecule has 0 N–H and O–H groups in total. The molecule has 1 aliphatic heterocycles. The minimum Gasteiger partial charge on any atom is -0.378 e. The minimum absolute atomic E-state index is 0.237. The lowest BCUT2D eigenvalue weighted by Crippen LogP contribution is -2.40. The first kappa shape index (κ1) is 15.2. The number of carbonyl (C=O) groups is 1. The van der Waals surface area contributed by atoms with E-state index in [1.807, 2.05) is 32.9 Å². The summed E-state index contributed by atoms with van der Waals surface area (Å²) in [7, 11) is 0. The maximum atomic E-state index is 12.4. The summed E-state index contributed by atoms with van der Waals surface area (Å²) < 4.78 is 5.64. The van der Waals surface area contributed by atoms with E-state index in [2.05, 4.69) is 11.0 Å². The third-order valence-electron chi connectivity index (χ3n) is 4.00. The van der Waals surface area contributed by atoms with Gasteiger partial charge in [0, 0.05) is 25.3 Å². The zero-order valence-corrected chi connectivity index (χ0v) is 12.8. The standard InChI is InChI=1S/C17H25NO2/c1-4-20-15-7-9-18(10-8-15)12-17(19)16-11-13(2)5-6-14(16)3/h5-6,11,15H,4,7-10,12H2,1-3H3. The number of ether oxygens (including phenoxy) is 1. The zero-order valence-electron chi connectivity index (χ0n) is 12.8. The maximum absolute atomic E-state index is 12.4. The monoisotopic (exact) mass is 275 g/mol. The van der Waals surface area contributed by atoms with Crippen molar-refractivity contribution in [3.05, 3.63) is 34.9 Å². The molecular weight excluding hydrogens is 250 g/mol. The number of nitrogens with zero attached hydrogens (tertiary/aromatic N) is 1. The number of benzene rings is 1. The van der Waals surface area contributed by atoms with Crippen LogP contribution in [-0.4, -0.2) is 43.0 Å². The molecule has 1 heterocycles. The Labute approximate surface area is 121 Å². The Morgan fingerprint density at radius 2 is 2.00 bits per heavy atom. The number of hydrogen-bond donors (Lipinski definition) is 0. The molecule has 0 bridgehead atoms. The van der Waals surface area contributed by atoms with Gasteiger partial charge in [0.25, 0.3) is 0 Å². The summed E-state index contributed by atoms with van der Waals surface area (Å²) >= 11 is 0. The van der Waals surface area contributed by atoms with E-state index in [0.717, 1.165) is 49.2 Å². The van der Waals surface area contributed by atoms with Crippen LogP contribution in [0.3, 0.4) is 0 Å². The molecule has 1 aromatic rings. The van der Waals surface area contributed by atoms with Crippen LogP contribution in [0.1, 0.15) is 41.3 Å². The van der Waals surface area contributed by atoms with Crippen LogP contribution in [0.4, 0.5) is 0 Å². The van der Waals surface area contributed by atoms with Gasteiger partial charge in [0.2, 0.25) is 0 Å². The van der Waals surface area contributed by atoms with Crippen LogP contribution in [0.25, 0.3) is 0 Å². The second-order valence-corrected chi connectivity index (χ2v) is 5.67. The van der Waals surface area contributed by atoms with Gasteiger partial charge < -0.3 is 4.74 Å². The minimum atomic E-state index is 0.237. The molecule has 0 amide bonds. The lowest BCUT2D eigenvalue weighted by atomic mass is 10.0. The highest BCUT2D eigenvalue weighted by Gasteiger charge is 2.21. The van der Waals surface area contributed by atoms with Gasteiger partial charge in [-0.05, 0) is 45.2 Å². The number of Topliss-reactive ketones (excluding diaryl/α,β-unsaturated/α-hetero) is 1. The molecule has 0 atom stereocenters. The summed E-state index contributed by atoms with van der Waals surface area (Å²) in [6, 6.07) is 6.09. The van der Waals surface area contributed by atoms with Gasteiger partial charge in [0.05, 0.1) is 12.6 Å². The Morgan fingerprint density at radius 3 is 2.65 bits per heavy atom. The normalized spacial score (nSPS) is 17.4. The topological polar surface area (TPSA) is 29.5 Å². The largest absolute Gasteiger partial charge is 0.378 e. The van der Waals surface area contributed by atoms with Crippen molar-refractivity contribution >= 4 is 5.78 Å². The first-order valence-corrected chi connectivity index (χ1v) is 7.54. The Bertz CT molecular complexity index is 462. The van der Waals surface area contributed by atoms with E-state index in [1.165, 1.54) is 0 Å². The van der Waals surface area contributed by atoms with Crippen molar-refractivity contribution in [3.63, 3.8) is 0 Å². The molecule has 3 nitrogen and oxygen atoms in total. The summed E-state index contributed by atoms with van der Waals surface area (Å²) in [4.78, 5) is 14.7. The molecule has 1 saturated heterocycles. The SMILES string of the molecule is CCOC1CCN(CC(=O)c2cc(C)ccc2C)CC1. The molecule has 1 aromatic carbocycles. The molecule has 1 aliphatic rings. The van der Waals surface area contributed by atoms with Crippen molar-refractivity contribution in [2.24, 2.45) is 0 Å². The number of carbonyl (C=O) groups excluding carboxylic acids is 1. The van der Waals surface area contributed by atoms with Crippen LogP contribution in [0.15, 0.2) is 18.2 Å². The van der Waals surface area contributed by atoms with Gasteiger partial charge in [0.15, 0.2) is 5.78 Å². The highest BCUT2D eigenvalue weighted by atomic mass is 16.5. The van der Waals surface area contributed by atoms with E-state index >= 15 is 0 Å². The second kappa shape index (κ2) is 7.00. The van der Waals surface area contributed by atoms with Gasteiger partial charge >= 0.3 is 0 Å². The predicted octanol–water partition coefficient (Wildman–Crippen LogP) is 2.99. The number of aryl methyl sites for hydroxylation is 2. The molecule has 0 saturated carbocycles. The third kappa shape index (κ3) is 3.90. The van der Waals surface area contributed by atoms with Crippen LogP contribution < -0.4 is 0 Å². The average Bonchev–Trinajstić information content (AvgIpc) is 2.44. The first-order valence-electron chi connectivity index (χ1n) is 7.54. The molecule has 0 aliphatic carbocycles. The number of ketones is 1. The van der Waals surface area contributed by atoms with E-state index in [1.54, 1.807) is 0 Å². The quantitative estimate of drug-likeness (QED) is 0.774. The summed E-state index contributed by atoms with van der Waals surface area (Å²) in [5.41, 5.74) is 3.09. The molecule has 0 unspecified atom stereocenters. The molecule has 3 heteroatoms. The summed E-state index contributed by atoms with van der Waals surface area (Å²) in [5, 5.41) is 0. The van der Waals surface area contributed by atoms with Crippen molar-refractivity contribution in [3.8, 4) is 0 Å². The van der Waals surface area contributed by atoms with Crippen molar-refractivity contribution in [1.82, 2.24) is 4.90 Å². The summed E-state index contributed by atoms with van der Waals surface area (Å²) in [6.45, 7) is 9.31. The zero-order chi connectivity index (χ0) is 14.5. The Hall–Kier alpha value is -1.19. The molecular formula is C17H25NO2. The third-order valence-corrected chi connectivity index (χ3v) is 4.00. The molecule has 20 heavy (non-hydrogen) atoms. The van der Waals surface area contributed by atoms with Gasteiger partial charge in [-0.25, -0.2) is 0 Å². The van der Waals surface area contributed by atoms with E-state index in [0.29, 0.717) is 12.6 Å². The molecule has 1 fully saturated rings. The van der Waals surface area contributed by atoms with Gasteiger partial charge in [-0.2, -0.15) is 0 Å². The highest BCUT2D eigenvalue weighted by molar-refractivity contribution is 5.99. The van der Waals surface area contributed by atoms with Crippen LogP contribution in [0.5, 0.6) is 0 Å². The number of rotatable bonds is 5. The van der Waals surface area contributed by atoms with Crippen molar-refractivity contribution in [2.45, 2.75) is 39.7 Å². The molecule has 0 radical (unpaired) electrons. The molecule has 0 spiro atoms. The number of likely N-dealkylation sites (tertiary alicyclic amines) is 1. The van der Waals surface area contributed by atoms with E-state index in [4.69, 9.17) is 4.74 Å². The fourth-order valence-electron chi connectivity index (χ4n) is 2.79. The van der Waals surface area contributed by atoms with Crippen LogP contribution >= 0.6 is 0 Å². The van der Waals surface area contributed by atoms with E-state index in [-0.39, 0.29) is 5.78 Å². The Balaban J connectivity index is 1.91. The Kier molecular flexibility index (Phi) is 5.32. The smallest absolute Gasteiger partial charge is 0.177 e. The summed E-state index contributed by atoms with van der Waals surface area (Å²) in [6.07, 6.45) is 2.45. The van der Waals surface area contributed by atoms with E-state index in [9.17, 15) is 4.79 Å². The lowest BCUT2D eigenvalue weighted by molar-refractivity contribution is 0.0147. The van der Waals surface area contributed by atoms with Gasteiger partial charge in [0.1, 0.15) is 0 Å². The fraction of sp³-hybridized carbons (Fsp3) is 0.588. The van der Waals surface area contributed by atoms with Crippen molar-refractivity contribution in [1.29, 1.82) is 0 Å². The second-order valence-electron chi connectivity index (χ2n) is 5.67. The molecule has 2 rings (SSSR count). The molecule has 0 aromatic heterocycles. The Morgan fingerprint density at radius 1 is 1.30 bits per heavy atom. The van der Waals surface area contributed by atoms with Gasteiger partial charge in [-0.1, -0.05) is 17.7 Å². The van der Waals surface area contributed by atoms with Crippen LogP contribution in [-0.2, 0) is 4.74 Å². The lowest BCUT2D eigenvalue weighted by Gasteiger charge is -2.31. The maximum Gasteiger partial charge on any atom is 0.177 e. The number of hydrogen-bond acceptors (Lipinski definition) is 3. The van der Waals surface area contributed by atoms with Crippen LogP contribution in [0, 0.1) is 13.8 Å². The van der Waals surface area contributed by atoms with E-state index < -0.39 is 0 Å².